The van der Waals surface area contributed by atoms with Crippen molar-refractivity contribution in [3.05, 3.63) is 65.2 Å². The molecule has 0 bridgehead atoms. The van der Waals surface area contributed by atoms with Crippen molar-refractivity contribution in [1.29, 1.82) is 0 Å². The number of carbonyl (C=O) groups excluding carboxylic acids is 2. The maximum absolute atomic E-state index is 12.3. The monoisotopic (exact) mass is 381 g/mol. The lowest BCUT2D eigenvalue weighted by Gasteiger charge is -2.25. The highest BCUT2D eigenvalue weighted by Gasteiger charge is 2.19. The lowest BCUT2D eigenvalue weighted by molar-refractivity contribution is -0.115. The highest BCUT2D eigenvalue weighted by Crippen LogP contribution is 2.26. The number of hydrogen-bond acceptors (Lipinski definition) is 3. The lowest BCUT2D eigenvalue weighted by atomic mass is 9.85. The van der Waals surface area contributed by atoms with Gasteiger partial charge in [-0.2, -0.15) is 0 Å². The fraction of sp³-hybridized carbons (Fsp3) is 0.391. The predicted octanol–water partition coefficient (Wildman–Crippen LogP) is 4.01. The average molecular weight is 382 g/mol. The standard InChI is InChI=1S/C23H31N3O2/c1-15(2)21(16-6-10-18(11-7-16)23(3,4)5)25-14-20(27)26-19-12-8-17(9-13-19)22(24)28/h6-13,15,21,25H,14H2,1-5H3,(H2,24,28)(H,26,27)/t21-/m0/s1. The normalized spacial score (nSPS) is 12.6. The Morgan fingerprint density at radius 2 is 1.54 bits per heavy atom. The van der Waals surface area contributed by atoms with Crippen LogP contribution in [0.5, 0.6) is 0 Å². The van der Waals surface area contributed by atoms with Crippen LogP contribution in [0.15, 0.2) is 48.5 Å². The molecule has 1 atom stereocenters. The van der Waals surface area contributed by atoms with Crippen molar-refractivity contribution < 1.29 is 9.59 Å². The molecule has 2 rings (SSSR count). The van der Waals surface area contributed by atoms with Gasteiger partial charge in [-0.15, -0.1) is 0 Å². The molecule has 0 aromatic heterocycles. The molecule has 0 fully saturated rings. The van der Waals surface area contributed by atoms with Gasteiger partial charge in [0.05, 0.1) is 6.54 Å². The quantitative estimate of drug-likeness (QED) is 0.677. The summed E-state index contributed by atoms with van der Waals surface area (Å²) in [4.78, 5) is 23.4. The molecule has 4 N–H and O–H groups in total. The Kier molecular flexibility index (Phi) is 6.97. The molecule has 0 saturated heterocycles. The van der Waals surface area contributed by atoms with E-state index < -0.39 is 5.91 Å². The van der Waals surface area contributed by atoms with E-state index in [2.05, 4.69) is 69.5 Å². The molecular formula is C23H31N3O2. The number of rotatable bonds is 7. The maximum Gasteiger partial charge on any atom is 0.248 e. The Balaban J connectivity index is 1.99. The Morgan fingerprint density at radius 3 is 2.00 bits per heavy atom. The smallest absolute Gasteiger partial charge is 0.248 e. The number of carbonyl (C=O) groups is 2. The van der Waals surface area contributed by atoms with E-state index in [1.807, 2.05) is 0 Å². The molecule has 2 aromatic rings. The number of primary amides is 1. The van der Waals surface area contributed by atoms with Crippen molar-refractivity contribution in [2.24, 2.45) is 11.7 Å². The molecule has 150 valence electrons. The Bertz CT molecular complexity index is 803. The molecule has 2 amide bonds. The summed E-state index contributed by atoms with van der Waals surface area (Å²) in [7, 11) is 0. The van der Waals surface area contributed by atoms with E-state index >= 15 is 0 Å². The third-order valence-electron chi connectivity index (χ3n) is 4.74. The number of anilines is 1. The number of hydrogen-bond donors (Lipinski definition) is 3. The van der Waals surface area contributed by atoms with Gasteiger partial charge in [0.1, 0.15) is 0 Å². The first kappa shape index (κ1) is 21.6. The number of nitrogens with one attached hydrogen (secondary N) is 2. The van der Waals surface area contributed by atoms with Crippen LogP contribution in [0.25, 0.3) is 0 Å². The number of benzene rings is 2. The molecule has 0 unspecified atom stereocenters. The van der Waals surface area contributed by atoms with Gasteiger partial charge in [0.2, 0.25) is 11.8 Å². The lowest BCUT2D eigenvalue weighted by Crippen LogP contribution is -2.33. The molecule has 5 heteroatoms. The van der Waals surface area contributed by atoms with Crippen LogP contribution in [0.3, 0.4) is 0 Å². The maximum atomic E-state index is 12.3. The molecule has 0 heterocycles. The second kappa shape index (κ2) is 9.02. The van der Waals surface area contributed by atoms with Crippen molar-refractivity contribution in [2.75, 3.05) is 11.9 Å². The van der Waals surface area contributed by atoms with Gasteiger partial charge < -0.3 is 16.4 Å². The summed E-state index contributed by atoms with van der Waals surface area (Å²) in [6, 6.07) is 15.2. The van der Waals surface area contributed by atoms with E-state index in [0.717, 1.165) is 0 Å². The van der Waals surface area contributed by atoms with Crippen molar-refractivity contribution in [3.63, 3.8) is 0 Å². The van der Waals surface area contributed by atoms with Crippen molar-refractivity contribution in [3.8, 4) is 0 Å². The SMILES string of the molecule is CC(C)[C@H](NCC(=O)Nc1ccc(C(N)=O)cc1)c1ccc(C(C)(C)C)cc1. The molecule has 5 nitrogen and oxygen atoms in total. The first-order valence-electron chi connectivity index (χ1n) is 9.61. The highest BCUT2D eigenvalue weighted by atomic mass is 16.2. The van der Waals surface area contributed by atoms with Gasteiger partial charge in [0, 0.05) is 17.3 Å². The van der Waals surface area contributed by atoms with Gasteiger partial charge in [-0.3, -0.25) is 9.59 Å². The zero-order valence-corrected chi connectivity index (χ0v) is 17.4. The van der Waals surface area contributed by atoms with Crippen LogP contribution < -0.4 is 16.4 Å². The summed E-state index contributed by atoms with van der Waals surface area (Å²) in [5, 5.41) is 6.19. The molecule has 0 spiro atoms. The van der Waals surface area contributed by atoms with Crippen molar-refractivity contribution >= 4 is 17.5 Å². The second-order valence-corrected chi connectivity index (χ2v) is 8.46. The van der Waals surface area contributed by atoms with Crippen LogP contribution in [0, 0.1) is 5.92 Å². The van der Waals surface area contributed by atoms with Crippen LogP contribution >= 0.6 is 0 Å². The van der Waals surface area contributed by atoms with Gasteiger partial charge >= 0.3 is 0 Å². The van der Waals surface area contributed by atoms with E-state index in [-0.39, 0.29) is 23.9 Å². The number of nitrogens with two attached hydrogens (primary N) is 1. The fourth-order valence-electron chi connectivity index (χ4n) is 3.05. The number of amides is 2. The van der Waals surface area contributed by atoms with Gasteiger partial charge in [0.25, 0.3) is 0 Å². The topological polar surface area (TPSA) is 84.2 Å². The second-order valence-electron chi connectivity index (χ2n) is 8.46. The third kappa shape index (κ3) is 5.92. The zero-order valence-electron chi connectivity index (χ0n) is 17.4. The Hall–Kier alpha value is -2.66. The van der Waals surface area contributed by atoms with Crippen molar-refractivity contribution in [1.82, 2.24) is 5.32 Å². The largest absolute Gasteiger partial charge is 0.366 e. The molecule has 0 aliphatic heterocycles. The van der Waals surface area contributed by atoms with E-state index in [9.17, 15) is 9.59 Å². The predicted molar refractivity (Wildman–Crippen MR) is 114 cm³/mol. The van der Waals surface area contributed by atoms with Crippen LogP contribution in [0.4, 0.5) is 5.69 Å². The summed E-state index contributed by atoms with van der Waals surface area (Å²) in [5.41, 5.74) is 8.84. The summed E-state index contributed by atoms with van der Waals surface area (Å²) in [5.74, 6) is -0.288. The van der Waals surface area contributed by atoms with Gasteiger partial charge in [-0.1, -0.05) is 58.9 Å². The van der Waals surface area contributed by atoms with Crippen molar-refractivity contribution in [2.45, 2.75) is 46.1 Å². The van der Waals surface area contributed by atoms with E-state index in [1.54, 1.807) is 24.3 Å². The molecular weight excluding hydrogens is 350 g/mol. The van der Waals surface area contributed by atoms with Gasteiger partial charge in [0.15, 0.2) is 0 Å². The molecule has 0 aliphatic carbocycles. The highest BCUT2D eigenvalue weighted by molar-refractivity contribution is 5.95. The minimum atomic E-state index is -0.489. The van der Waals surface area contributed by atoms with Crippen LogP contribution in [0.2, 0.25) is 0 Å². The Morgan fingerprint density at radius 1 is 0.964 bits per heavy atom. The summed E-state index contributed by atoms with van der Waals surface area (Å²) < 4.78 is 0. The van der Waals surface area contributed by atoms with Crippen LogP contribution in [0.1, 0.15) is 62.1 Å². The Labute approximate surface area is 167 Å². The molecule has 0 aliphatic rings. The minimum Gasteiger partial charge on any atom is -0.366 e. The van der Waals surface area contributed by atoms with Crippen LogP contribution in [-0.2, 0) is 10.2 Å². The molecule has 28 heavy (non-hydrogen) atoms. The van der Waals surface area contributed by atoms with E-state index in [0.29, 0.717) is 17.2 Å². The average Bonchev–Trinajstić information content (AvgIpc) is 2.61. The summed E-state index contributed by atoms with van der Waals surface area (Å²) in [6.07, 6.45) is 0. The van der Waals surface area contributed by atoms with E-state index in [4.69, 9.17) is 5.73 Å². The molecule has 0 radical (unpaired) electrons. The molecule has 2 aromatic carbocycles. The summed E-state index contributed by atoms with van der Waals surface area (Å²) in [6.45, 7) is 11.1. The third-order valence-corrected chi connectivity index (χ3v) is 4.74. The van der Waals surface area contributed by atoms with Crippen LogP contribution in [-0.4, -0.2) is 18.4 Å². The van der Waals surface area contributed by atoms with Gasteiger partial charge in [-0.25, -0.2) is 0 Å². The first-order chi connectivity index (χ1) is 13.1. The van der Waals surface area contributed by atoms with E-state index in [1.165, 1.54) is 11.1 Å². The first-order valence-corrected chi connectivity index (χ1v) is 9.61. The van der Waals surface area contributed by atoms with Gasteiger partial charge in [-0.05, 0) is 46.7 Å². The fourth-order valence-corrected chi connectivity index (χ4v) is 3.05. The summed E-state index contributed by atoms with van der Waals surface area (Å²) >= 11 is 0. The molecule has 0 saturated carbocycles. The minimum absolute atomic E-state index is 0.0806. The zero-order chi connectivity index (χ0) is 20.9.